The summed E-state index contributed by atoms with van der Waals surface area (Å²) in [5.41, 5.74) is 0.971. The van der Waals surface area contributed by atoms with Crippen LogP contribution in [-0.2, 0) is 9.84 Å². The molecule has 0 aliphatic heterocycles. The Labute approximate surface area is 115 Å². The molecule has 0 atom stereocenters. The Hall–Kier alpha value is -1.37. The van der Waals surface area contributed by atoms with Gasteiger partial charge in [0.2, 0.25) is 0 Å². The molecule has 0 saturated heterocycles. The highest BCUT2D eigenvalue weighted by atomic mass is 32.2. The first kappa shape index (κ1) is 15.7. The summed E-state index contributed by atoms with van der Waals surface area (Å²) >= 11 is 0. The number of nitrogens with zero attached hydrogens (tertiary/aromatic N) is 2. The van der Waals surface area contributed by atoms with Crippen molar-refractivity contribution in [1.29, 1.82) is 0 Å². The third kappa shape index (κ3) is 4.34. The van der Waals surface area contributed by atoms with Crippen LogP contribution in [0.25, 0.3) is 0 Å². The maximum atomic E-state index is 11.4. The molecule has 7 heteroatoms. The number of aromatic nitrogens is 2. The average Bonchev–Trinajstić information content (AvgIpc) is 2.37. The molecular formula is C12H22N4O2S. The van der Waals surface area contributed by atoms with E-state index in [-0.39, 0.29) is 17.4 Å². The molecule has 1 heterocycles. The number of sulfone groups is 1. The highest BCUT2D eigenvalue weighted by Gasteiger charge is 2.14. The molecule has 0 spiro atoms. The number of hydrogen-bond acceptors (Lipinski definition) is 6. The van der Waals surface area contributed by atoms with E-state index >= 15 is 0 Å². The second kappa shape index (κ2) is 6.70. The molecule has 1 aromatic rings. The van der Waals surface area contributed by atoms with Crippen molar-refractivity contribution >= 4 is 21.5 Å². The van der Waals surface area contributed by atoms with Crippen molar-refractivity contribution < 1.29 is 8.42 Å². The fourth-order valence-corrected chi connectivity index (χ4v) is 2.45. The van der Waals surface area contributed by atoms with Crippen LogP contribution in [0.4, 0.5) is 11.6 Å². The SMILES string of the molecule is CCS(=O)(=O)CCNc1ncnc(NC)c1C(C)C. The van der Waals surface area contributed by atoms with Crippen molar-refractivity contribution in [2.24, 2.45) is 0 Å². The Morgan fingerprint density at radius 1 is 1.26 bits per heavy atom. The Balaban J connectivity index is 2.84. The van der Waals surface area contributed by atoms with Gasteiger partial charge < -0.3 is 10.6 Å². The van der Waals surface area contributed by atoms with Crippen LogP contribution in [0.5, 0.6) is 0 Å². The van der Waals surface area contributed by atoms with Gasteiger partial charge in [-0.25, -0.2) is 18.4 Å². The number of hydrogen-bond donors (Lipinski definition) is 2. The minimum Gasteiger partial charge on any atom is -0.373 e. The molecule has 0 aliphatic carbocycles. The summed E-state index contributed by atoms with van der Waals surface area (Å²) in [6.45, 7) is 6.11. The Bertz CT molecular complexity index is 514. The molecule has 0 fully saturated rings. The number of rotatable bonds is 7. The molecule has 0 amide bonds. The van der Waals surface area contributed by atoms with Gasteiger partial charge in [0.25, 0.3) is 0 Å². The summed E-state index contributed by atoms with van der Waals surface area (Å²) in [6, 6.07) is 0. The van der Waals surface area contributed by atoms with E-state index in [1.165, 1.54) is 6.33 Å². The van der Waals surface area contributed by atoms with Crippen molar-refractivity contribution in [3.63, 3.8) is 0 Å². The number of anilines is 2. The Kier molecular flexibility index (Phi) is 5.53. The summed E-state index contributed by atoms with van der Waals surface area (Å²) in [7, 11) is -1.15. The second-order valence-corrected chi connectivity index (χ2v) is 7.03. The van der Waals surface area contributed by atoms with Crippen LogP contribution in [0.3, 0.4) is 0 Å². The monoisotopic (exact) mass is 286 g/mol. The van der Waals surface area contributed by atoms with Gasteiger partial charge in [0.1, 0.15) is 18.0 Å². The molecule has 0 unspecified atom stereocenters. The molecule has 0 saturated carbocycles. The van der Waals surface area contributed by atoms with E-state index < -0.39 is 9.84 Å². The lowest BCUT2D eigenvalue weighted by Gasteiger charge is -2.16. The van der Waals surface area contributed by atoms with E-state index in [2.05, 4.69) is 20.6 Å². The summed E-state index contributed by atoms with van der Waals surface area (Å²) in [4.78, 5) is 8.37. The van der Waals surface area contributed by atoms with Gasteiger partial charge >= 0.3 is 0 Å². The molecule has 2 N–H and O–H groups in total. The zero-order valence-corrected chi connectivity index (χ0v) is 12.7. The maximum Gasteiger partial charge on any atom is 0.151 e. The topological polar surface area (TPSA) is 84.0 Å². The minimum absolute atomic E-state index is 0.111. The lowest BCUT2D eigenvalue weighted by atomic mass is 10.0. The van der Waals surface area contributed by atoms with Crippen LogP contribution < -0.4 is 10.6 Å². The van der Waals surface area contributed by atoms with Gasteiger partial charge in [-0.3, -0.25) is 0 Å². The standard InChI is InChI=1S/C12H22N4O2S/c1-5-19(17,18)7-6-14-12-10(9(2)3)11(13-4)15-8-16-12/h8-9H,5-7H2,1-4H3,(H2,13,14,15,16). The molecule has 0 bridgehead atoms. The van der Waals surface area contributed by atoms with Gasteiger partial charge in [0.15, 0.2) is 9.84 Å². The largest absolute Gasteiger partial charge is 0.373 e. The van der Waals surface area contributed by atoms with Crippen LogP contribution in [-0.4, -0.2) is 43.5 Å². The first-order valence-electron chi connectivity index (χ1n) is 6.38. The summed E-state index contributed by atoms with van der Waals surface area (Å²) in [6.07, 6.45) is 1.47. The first-order valence-corrected chi connectivity index (χ1v) is 8.20. The quantitative estimate of drug-likeness (QED) is 0.790. The predicted molar refractivity (Wildman–Crippen MR) is 78.5 cm³/mol. The molecular weight excluding hydrogens is 264 g/mol. The van der Waals surface area contributed by atoms with Gasteiger partial charge in [0.05, 0.1) is 5.75 Å². The van der Waals surface area contributed by atoms with Gasteiger partial charge in [0, 0.05) is 24.9 Å². The van der Waals surface area contributed by atoms with Gasteiger partial charge in [-0.2, -0.15) is 0 Å². The Morgan fingerprint density at radius 3 is 2.42 bits per heavy atom. The molecule has 108 valence electrons. The molecule has 19 heavy (non-hydrogen) atoms. The molecule has 6 nitrogen and oxygen atoms in total. The van der Waals surface area contributed by atoms with Crippen LogP contribution in [0, 0.1) is 0 Å². The molecule has 0 aliphatic rings. The maximum absolute atomic E-state index is 11.4. The van der Waals surface area contributed by atoms with E-state index in [0.29, 0.717) is 12.4 Å². The molecule has 0 radical (unpaired) electrons. The highest BCUT2D eigenvalue weighted by molar-refractivity contribution is 7.91. The van der Waals surface area contributed by atoms with Crippen LogP contribution in [0.15, 0.2) is 6.33 Å². The first-order chi connectivity index (χ1) is 8.91. The van der Waals surface area contributed by atoms with Crippen molar-refractivity contribution in [1.82, 2.24) is 9.97 Å². The lowest BCUT2D eigenvalue weighted by molar-refractivity contribution is 0.597. The van der Waals surface area contributed by atoms with Crippen molar-refractivity contribution in [2.75, 3.05) is 35.7 Å². The Morgan fingerprint density at radius 2 is 1.89 bits per heavy atom. The van der Waals surface area contributed by atoms with E-state index in [9.17, 15) is 8.42 Å². The average molecular weight is 286 g/mol. The van der Waals surface area contributed by atoms with Gasteiger partial charge in [-0.05, 0) is 5.92 Å². The minimum atomic E-state index is -2.96. The van der Waals surface area contributed by atoms with E-state index in [4.69, 9.17) is 0 Å². The van der Waals surface area contributed by atoms with Crippen LogP contribution >= 0.6 is 0 Å². The van der Waals surface area contributed by atoms with Crippen LogP contribution in [0.2, 0.25) is 0 Å². The van der Waals surface area contributed by atoms with Crippen LogP contribution in [0.1, 0.15) is 32.3 Å². The number of nitrogens with one attached hydrogen (secondary N) is 2. The lowest BCUT2D eigenvalue weighted by Crippen LogP contribution is -2.19. The zero-order chi connectivity index (χ0) is 14.5. The van der Waals surface area contributed by atoms with Gasteiger partial charge in [-0.15, -0.1) is 0 Å². The van der Waals surface area contributed by atoms with Crippen molar-refractivity contribution in [3.05, 3.63) is 11.9 Å². The van der Waals surface area contributed by atoms with Crippen molar-refractivity contribution in [3.8, 4) is 0 Å². The fraction of sp³-hybridized carbons (Fsp3) is 0.667. The summed E-state index contributed by atoms with van der Waals surface area (Å²) in [5, 5.41) is 6.12. The van der Waals surface area contributed by atoms with Gasteiger partial charge in [-0.1, -0.05) is 20.8 Å². The molecule has 1 rings (SSSR count). The third-order valence-electron chi connectivity index (χ3n) is 2.84. The summed E-state index contributed by atoms with van der Waals surface area (Å²) < 4.78 is 22.9. The van der Waals surface area contributed by atoms with E-state index in [1.54, 1.807) is 14.0 Å². The normalized spacial score (nSPS) is 11.6. The van der Waals surface area contributed by atoms with E-state index in [0.717, 1.165) is 11.4 Å². The predicted octanol–water partition coefficient (Wildman–Crippen LogP) is 1.49. The highest BCUT2D eigenvalue weighted by Crippen LogP contribution is 2.27. The summed E-state index contributed by atoms with van der Waals surface area (Å²) in [5.74, 6) is 1.98. The molecule has 1 aromatic heterocycles. The zero-order valence-electron chi connectivity index (χ0n) is 11.9. The fourth-order valence-electron chi connectivity index (χ4n) is 1.75. The van der Waals surface area contributed by atoms with E-state index in [1.807, 2.05) is 13.8 Å². The van der Waals surface area contributed by atoms with Crippen molar-refractivity contribution in [2.45, 2.75) is 26.7 Å². The molecule has 0 aromatic carbocycles. The third-order valence-corrected chi connectivity index (χ3v) is 4.55. The smallest absolute Gasteiger partial charge is 0.151 e. The second-order valence-electron chi connectivity index (χ2n) is 4.55.